The Hall–Kier alpha value is -3.49. The van der Waals surface area contributed by atoms with Gasteiger partial charge >= 0.3 is 11.7 Å². The van der Waals surface area contributed by atoms with Gasteiger partial charge in [0.05, 0.1) is 11.2 Å². The maximum absolute atomic E-state index is 12.3. The fraction of sp³-hybridized carbons (Fsp3) is 0.0870. The summed E-state index contributed by atoms with van der Waals surface area (Å²) in [4.78, 5) is 38.3. The van der Waals surface area contributed by atoms with Gasteiger partial charge in [-0.15, -0.1) is 0 Å². The molecule has 4 aromatic rings. The lowest BCUT2D eigenvalue weighted by Crippen LogP contribution is -2.26. The number of carbonyl (C=O) groups excluding carboxylic acids is 2. The summed E-state index contributed by atoms with van der Waals surface area (Å²) < 4.78 is 11.3. The Morgan fingerprint density at radius 1 is 1.00 bits per heavy atom. The number of hydrogen-bond acceptors (Lipinski definition) is 6. The van der Waals surface area contributed by atoms with Crippen LogP contribution in [0.1, 0.15) is 0 Å². The van der Waals surface area contributed by atoms with Gasteiger partial charge in [-0.25, -0.2) is 4.79 Å². The predicted molar refractivity (Wildman–Crippen MR) is 122 cm³/mol. The first kappa shape index (κ1) is 21.7. The molecule has 0 fully saturated rings. The lowest BCUT2D eigenvalue weighted by Gasteiger charge is -2.11. The molecule has 4 rings (SSSR count). The number of aromatic nitrogens is 1. The number of rotatable bonds is 7. The molecular weight excluding hydrogens is 452 g/mol. The zero-order chi connectivity index (χ0) is 22.5. The molecule has 1 N–H and O–H groups in total. The molecule has 32 heavy (non-hydrogen) atoms. The molecule has 0 spiro atoms. The van der Waals surface area contributed by atoms with Gasteiger partial charge in [0, 0.05) is 14.8 Å². The zero-order valence-corrected chi connectivity index (χ0v) is 18.2. The van der Waals surface area contributed by atoms with Crippen LogP contribution in [0.5, 0.6) is 0 Å². The third kappa shape index (κ3) is 5.22. The number of benzene rings is 3. The number of fused-ring (bicyclic) bond motifs is 1. The lowest BCUT2D eigenvalue weighted by atomic mass is 10.3. The molecule has 0 atom stereocenters. The number of hydrogen-bond donors (Lipinski definition) is 1. The Balaban J connectivity index is 1.36. The number of esters is 1. The standard InChI is InChI=1S/C23H17ClN2O5S/c24-15-9-11-16(12-10-15)32-20-8-4-1-5-17(20)25-21(27)14-30-22(28)13-26-18-6-2-3-7-19(18)31-23(26)29/h1-12H,13-14H2,(H,25,27). The summed E-state index contributed by atoms with van der Waals surface area (Å²) in [6.07, 6.45) is 0. The van der Waals surface area contributed by atoms with E-state index in [4.69, 9.17) is 20.8 Å². The minimum absolute atomic E-state index is 0.355. The summed E-state index contributed by atoms with van der Waals surface area (Å²) >= 11 is 7.39. The van der Waals surface area contributed by atoms with Crippen LogP contribution in [0.4, 0.5) is 5.69 Å². The summed E-state index contributed by atoms with van der Waals surface area (Å²) in [6, 6.07) is 21.4. The Morgan fingerprint density at radius 2 is 1.72 bits per heavy atom. The van der Waals surface area contributed by atoms with Crippen LogP contribution in [-0.2, 0) is 20.9 Å². The second kappa shape index (κ2) is 9.76. The number of ether oxygens (including phenoxy) is 1. The van der Waals surface area contributed by atoms with Crippen molar-refractivity contribution >= 4 is 52.0 Å². The molecule has 9 heteroatoms. The Bertz CT molecular complexity index is 1330. The highest BCUT2D eigenvalue weighted by atomic mass is 35.5. The average Bonchev–Trinajstić information content (AvgIpc) is 3.10. The maximum Gasteiger partial charge on any atom is 0.420 e. The molecule has 0 aliphatic heterocycles. The summed E-state index contributed by atoms with van der Waals surface area (Å²) in [5, 5.41) is 3.39. The molecule has 162 valence electrons. The largest absolute Gasteiger partial charge is 0.454 e. The molecule has 0 saturated carbocycles. The van der Waals surface area contributed by atoms with Gasteiger partial charge in [-0.05, 0) is 48.5 Å². The van der Waals surface area contributed by atoms with Crippen molar-refractivity contribution in [2.75, 3.05) is 11.9 Å². The molecule has 0 aliphatic rings. The van der Waals surface area contributed by atoms with Crippen molar-refractivity contribution in [3.8, 4) is 0 Å². The van der Waals surface area contributed by atoms with Gasteiger partial charge in [-0.3, -0.25) is 14.2 Å². The molecule has 1 heterocycles. The average molecular weight is 469 g/mol. The van der Waals surface area contributed by atoms with Crippen molar-refractivity contribution in [2.45, 2.75) is 16.3 Å². The van der Waals surface area contributed by atoms with E-state index >= 15 is 0 Å². The zero-order valence-electron chi connectivity index (χ0n) is 16.6. The molecular formula is C23H17ClN2O5S. The van der Waals surface area contributed by atoms with Crippen LogP contribution >= 0.6 is 23.4 Å². The van der Waals surface area contributed by atoms with E-state index in [9.17, 15) is 14.4 Å². The van der Waals surface area contributed by atoms with Crippen molar-refractivity contribution in [1.82, 2.24) is 4.57 Å². The SMILES string of the molecule is O=C(COC(=O)Cn1c(=O)oc2ccccc21)Nc1ccccc1Sc1ccc(Cl)cc1. The topological polar surface area (TPSA) is 90.5 Å². The summed E-state index contributed by atoms with van der Waals surface area (Å²) in [5.74, 6) is -1.88. The van der Waals surface area contributed by atoms with Crippen LogP contribution < -0.4 is 11.1 Å². The van der Waals surface area contributed by atoms with Crippen LogP contribution in [0, 0.1) is 0 Å². The number of carbonyl (C=O) groups is 2. The normalized spacial score (nSPS) is 10.8. The molecule has 7 nitrogen and oxygen atoms in total. The van der Waals surface area contributed by atoms with Crippen LogP contribution in [0.2, 0.25) is 5.02 Å². The predicted octanol–water partition coefficient (Wildman–Crippen LogP) is 4.58. The van der Waals surface area contributed by atoms with Gasteiger partial charge in [0.1, 0.15) is 6.54 Å². The van der Waals surface area contributed by atoms with Crippen LogP contribution in [-0.4, -0.2) is 23.1 Å². The maximum atomic E-state index is 12.3. The monoisotopic (exact) mass is 468 g/mol. The van der Waals surface area contributed by atoms with Gasteiger partial charge in [0.25, 0.3) is 5.91 Å². The van der Waals surface area contributed by atoms with E-state index < -0.39 is 24.2 Å². The van der Waals surface area contributed by atoms with E-state index in [2.05, 4.69) is 5.32 Å². The number of anilines is 1. The lowest BCUT2D eigenvalue weighted by molar-refractivity contribution is -0.147. The molecule has 1 amide bonds. The van der Waals surface area contributed by atoms with E-state index in [1.807, 2.05) is 24.3 Å². The molecule has 0 saturated heterocycles. The molecule has 0 bridgehead atoms. The van der Waals surface area contributed by atoms with Crippen LogP contribution in [0.3, 0.4) is 0 Å². The highest BCUT2D eigenvalue weighted by molar-refractivity contribution is 7.99. The van der Waals surface area contributed by atoms with Crippen LogP contribution in [0.25, 0.3) is 11.1 Å². The number of nitrogens with one attached hydrogen (secondary N) is 1. The van der Waals surface area contributed by atoms with E-state index in [0.29, 0.717) is 21.8 Å². The number of halogens is 1. The van der Waals surface area contributed by atoms with E-state index in [0.717, 1.165) is 14.4 Å². The number of para-hydroxylation sites is 3. The fourth-order valence-electron chi connectivity index (χ4n) is 2.96. The smallest absolute Gasteiger partial charge is 0.420 e. The minimum atomic E-state index is -0.724. The number of nitrogens with zero attached hydrogens (tertiary/aromatic N) is 1. The van der Waals surface area contributed by atoms with E-state index in [1.165, 1.54) is 11.8 Å². The third-order valence-electron chi connectivity index (χ3n) is 4.43. The fourth-order valence-corrected chi connectivity index (χ4v) is 3.99. The van der Waals surface area contributed by atoms with Crippen molar-refractivity contribution in [2.24, 2.45) is 0 Å². The van der Waals surface area contributed by atoms with Gasteiger partial charge in [-0.1, -0.05) is 47.6 Å². The summed E-state index contributed by atoms with van der Waals surface area (Å²) in [7, 11) is 0. The summed E-state index contributed by atoms with van der Waals surface area (Å²) in [6.45, 7) is -0.838. The van der Waals surface area contributed by atoms with Crippen LogP contribution in [0.15, 0.2) is 91.8 Å². The first-order chi connectivity index (χ1) is 15.5. The minimum Gasteiger partial charge on any atom is -0.454 e. The first-order valence-corrected chi connectivity index (χ1v) is 10.8. The molecule has 0 radical (unpaired) electrons. The van der Waals surface area contributed by atoms with Gasteiger partial charge in [0.2, 0.25) is 0 Å². The van der Waals surface area contributed by atoms with Crippen molar-refractivity contribution < 1.29 is 18.7 Å². The molecule has 0 aliphatic carbocycles. The number of amides is 1. The van der Waals surface area contributed by atoms with Gasteiger partial charge < -0.3 is 14.5 Å². The Kier molecular flexibility index (Phi) is 6.63. The van der Waals surface area contributed by atoms with Crippen molar-refractivity contribution in [3.05, 3.63) is 88.4 Å². The number of oxazole rings is 1. The Morgan fingerprint density at radius 3 is 2.53 bits per heavy atom. The van der Waals surface area contributed by atoms with E-state index in [-0.39, 0.29) is 6.54 Å². The quantitative estimate of drug-likeness (QED) is 0.399. The molecule has 0 unspecified atom stereocenters. The second-order valence-corrected chi connectivity index (χ2v) is 8.23. The highest BCUT2D eigenvalue weighted by Gasteiger charge is 2.15. The van der Waals surface area contributed by atoms with E-state index in [1.54, 1.807) is 48.5 Å². The molecule has 3 aromatic carbocycles. The second-order valence-electron chi connectivity index (χ2n) is 6.68. The van der Waals surface area contributed by atoms with Crippen molar-refractivity contribution in [3.63, 3.8) is 0 Å². The van der Waals surface area contributed by atoms with Crippen molar-refractivity contribution in [1.29, 1.82) is 0 Å². The summed E-state index contributed by atoms with van der Waals surface area (Å²) in [5.41, 5.74) is 1.44. The molecule has 1 aromatic heterocycles. The van der Waals surface area contributed by atoms with Gasteiger partial charge in [0.15, 0.2) is 12.2 Å². The first-order valence-electron chi connectivity index (χ1n) is 9.56. The highest BCUT2D eigenvalue weighted by Crippen LogP contribution is 2.33. The Labute approximate surface area is 191 Å². The van der Waals surface area contributed by atoms with Gasteiger partial charge in [-0.2, -0.15) is 0 Å². The third-order valence-corrected chi connectivity index (χ3v) is 5.76.